The molecule has 0 saturated carbocycles. The number of benzene rings is 2. The van der Waals surface area contributed by atoms with Crippen LogP contribution in [0.25, 0.3) is 0 Å². The van der Waals surface area contributed by atoms with Crippen LogP contribution in [0.4, 0.5) is 4.79 Å². The molecule has 1 aliphatic heterocycles. The van der Waals surface area contributed by atoms with Crippen molar-refractivity contribution in [1.82, 2.24) is 15.1 Å². The van der Waals surface area contributed by atoms with Gasteiger partial charge in [-0.3, -0.25) is 9.69 Å². The topological polar surface area (TPSA) is 89.6 Å². The molecule has 0 radical (unpaired) electrons. The van der Waals surface area contributed by atoms with Gasteiger partial charge in [0.2, 0.25) is 5.91 Å². The minimum Gasteiger partial charge on any atom is -0.447 e. The SMILES string of the molecule is COCCOCCOCCOC(=O)N[C@H]1CCN(C[C@H](c2ccccc2)N(C)C(=O)Cc2ccc(Cl)c(Cl)c2)C1.Cl. The Labute approximate surface area is 258 Å². The van der Waals surface area contributed by atoms with Crippen LogP contribution in [0.1, 0.15) is 23.6 Å². The lowest BCUT2D eigenvalue weighted by Gasteiger charge is -2.32. The number of nitrogens with one attached hydrogen (secondary N) is 1. The van der Waals surface area contributed by atoms with Crippen LogP contribution in [0.5, 0.6) is 0 Å². The molecule has 1 saturated heterocycles. The van der Waals surface area contributed by atoms with Crippen molar-refractivity contribution >= 4 is 47.6 Å². The van der Waals surface area contributed by atoms with Crippen molar-refractivity contribution in [2.75, 3.05) is 73.4 Å². The van der Waals surface area contributed by atoms with Crippen molar-refractivity contribution < 1.29 is 28.5 Å². The molecular formula is C29H40Cl3N3O6. The molecule has 228 valence electrons. The molecule has 41 heavy (non-hydrogen) atoms. The molecule has 0 unspecified atom stereocenters. The summed E-state index contributed by atoms with van der Waals surface area (Å²) in [6.07, 6.45) is 0.560. The van der Waals surface area contributed by atoms with Crippen molar-refractivity contribution in [3.8, 4) is 0 Å². The fourth-order valence-electron chi connectivity index (χ4n) is 4.48. The number of hydrogen-bond donors (Lipinski definition) is 1. The maximum Gasteiger partial charge on any atom is 0.407 e. The van der Waals surface area contributed by atoms with Crippen molar-refractivity contribution in [3.63, 3.8) is 0 Å². The second-order valence-electron chi connectivity index (χ2n) is 9.60. The fraction of sp³-hybridized carbons (Fsp3) is 0.517. The maximum atomic E-state index is 13.3. The van der Waals surface area contributed by atoms with E-state index in [1.165, 1.54) is 0 Å². The van der Waals surface area contributed by atoms with Gasteiger partial charge in [0.1, 0.15) is 6.61 Å². The fourth-order valence-corrected chi connectivity index (χ4v) is 4.80. The molecule has 2 atom stereocenters. The number of carbonyl (C=O) groups is 2. The van der Waals surface area contributed by atoms with E-state index in [1.807, 2.05) is 43.4 Å². The van der Waals surface area contributed by atoms with Gasteiger partial charge < -0.3 is 29.2 Å². The van der Waals surface area contributed by atoms with Gasteiger partial charge in [0.25, 0.3) is 0 Å². The van der Waals surface area contributed by atoms with E-state index in [0.717, 1.165) is 24.1 Å². The molecule has 2 amide bonds. The first-order valence-corrected chi connectivity index (χ1v) is 14.2. The van der Waals surface area contributed by atoms with Crippen LogP contribution in [-0.4, -0.2) is 101 Å². The zero-order valence-corrected chi connectivity index (χ0v) is 25.9. The number of rotatable bonds is 16. The zero-order chi connectivity index (χ0) is 28.7. The minimum atomic E-state index is -0.458. The number of hydrogen-bond acceptors (Lipinski definition) is 7. The average molecular weight is 633 g/mol. The molecule has 0 aromatic heterocycles. The van der Waals surface area contributed by atoms with Crippen LogP contribution in [0.2, 0.25) is 10.0 Å². The number of methoxy groups -OCH3 is 1. The van der Waals surface area contributed by atoms with E-state index in [2.05, 4.69) is 10.2 Å². The minimum absolute atomic E-state index is 0. The molecule has 0 bridgehead atoms. The molecular weight excluding hydrogens is 593 g/mol. The molecule has 3 rings (SSSR count). The van der Waals surface area contributed by atoms with E-state index in [-0.39, 0.29) is 43.4 Å². The molecule has 2 aromatic carbocycles. The molecule has 1 fully saturated rings. The highest BCUT2D eigenvalue weighted by Crippen LogP contribution is 2.26. The van der Waals surface area contributed by atoms with Crippen LogP contribution in [0, 0.1) is 0 Å². The lowest BCUT2D eigenvalue weighted by Crippen LogP contribution is -2.41. The number of carbonyl (C=O) groups excluding carboxylic acids is 2. The third kappa shape index (κ3) is 12.3. The quantitative estimate of drug-likeness (QED) is 0.270. The first kappa shape index (κ1) is 35.1. The Kier molecular flexibility index (Phi) is 16.4. The normalized spacial score (nSPS) is 15.7. The number of alkyl carbamates (subject to hydrolysis) is 1. The van der Waals surface area contributed by atoms with Gasteiger partial charge in [0, 0.05) is 39.8 Å². The lowest BCUT2D eigenvalue weighted by atomic mass is 10.0. The number of likely N-dealkylation sites (N-methyl/N-ethyl adjacent to an activating group) is 1. The Morgan fingerprint density at radius 1 is 1.00 bits per heavy atom. The summed E-state index contributed by atoms with van der Waals surface area (Å²) in [6, 6.07) is 15.0. The van der Waals surface area contributed by atoms with Gasteiger partial charge in [-0.05, 0) is 29.7 Å². The molecule has 0 spiro atoms. The average Bonchev–Trinajstić information content (AvgIpc) is 3.39. The molecule has 9 nitrogen and oxygen atoms in total. The summed E-state index contributed by atoms with van der Waals surface area (Å²) in [5, 5.41) is 3.83. The Bertz CT molecular complexity index is 1070. The van der Waals surface area contributed by atoms with E-state index in [1.54, 1.807) is 24.1 Å². The van der Waals surface area contributed by atoms with Gasteiger partial charge in [-0.2, -0.15) is 0 Å². The monoisotopic (exact) mass is 631 g/mol. The van der Waals surface area contributed by atoms with Crippen molar-refractivity contribution in [2.45, 2.75) is 24.9 Å². The third-order valence-corrected chi connectivity index (χ3v) is 7.41. The highest BCUT2D eigenvalue weighted by molar-refractivity contribution is 6.42. The van der Waals surface area contributed by atoms with Crippen molar-refractivity contribution in [1.29, 1.82) is 0 Å². The Morgan fingerprint density at radius 3 is 2.37 bits per heavy atom. The smallest absolute Gasteiger partial charge is 0.407 e. The second kappa shape index (κ2) is 19.2. The van der Waals surface area contributed by atoms with Gasteiger partial charge >= 0.3 is 6.09 Å². The van der Waals surface area contributed by atoms with Crippen LogP contribution in [-0.2, 0) is 30.2 Å². The Hall–Kier alpha value is -2.11. The number of ether oxygens (including phenoxy) is 4. The molecule has 0 aliphatic carbocycles. The molecule has 12 heteroatoms. The molecule has 1 N–H and O–H groups in total. The van der Waals surface area contributed by atoms with Crippen molar-refractivity contribution in [2.24, 2.45) is 0 Å². The van der Waals surface area contributed by atoms with E-state index in [4.69, 9.17) is 42.1 Å². The van der Waals surface area contributed by atoms with Gasteiger partial charge in [0.15, 0.2) is 0 Å². The van der Waals surface area contributed by atoms with E-state index >= 15 is 0 Å². The standard InChI is InChI=1S/C29H39Cl2N3O6.ClH/c1-33(28(35)19-22-8-9-25(30)26(31)18-22)27(23-6-4-3-5-7-23)21-34-11-10-24(20-34)32-29(36)40-17-16-39-15-14-38-13-12-37-2;/h3-9,18,24,27H,10-17,19-21H2,1-2H3,(H,32,36);1H/t24-,27+;/m0./s1. The molecule has 2 aromatic rings. The predicted octanol–water partition coefficient (Wildman–Crippen LogP) is 4.64. The van der Waals surface area contributed by atoms with Crippen molar-refractivity contribution in [3.05, 3.63) is 69.7 Å². The number of nitrogens with zero attached hydrogens (tertiary/aromatic N) is 2. The van der Waals surface area contributed by atoms with Gasteiger partial charge in [0.05, 0.1) is 55.5 Å². The maximum absolute atomic E-state index is 13.3. The number of amides is 2. The molecule has 1 heterocycles. The Morgan fingerprint density at radius 2 is 1.68 bits per heavy atom. The second-order valence-corrected chi connectivity index (χ2v) is 10.4. The summed E-state index contributed by atoms with van der Waals surface area (Å²) < 4.78 is 20.9. The number of halogens is 3. The molecule has 1 aliphatic rings. The summed E-state index contributed by atoms with van der Waals surface area (Å²) in [4.78, 5) is 29.6. The van der Waals surface area contributed by atoms with Gasteiger partial charge in [-0.25, -0.2) is 4.79 Å². The summed E-state index contributed by atoms with van der Waals surface area (Å²) in [6.45, 7) is 4.55. The highest BCUT2D eigenvalue weighted by Gasteiger charge is 2.30. The van der Waals surface area contributed by atoms with E-state index < -0.39 is 6.09 Å². The van der Waals surface area contributed by atoms with Gasteiger partial charge in [-0.15, -0.1) is 12.4 Å². The van der Waals surface area contributed by atoms with Crippen LogP contribution < -0.4 is 5.32 Å². The lowest BCUT2D eigenvalue weighted by molar-refractivity contribution is -0.131. The predicted molar refractivity (Wildman–Crippen MR) is 162 cm³/mol. The summed E-state index contributed by atoms with van der Waals surface area (Å²) in [5.74, 6) is -0.0200. The van der Waals surface area contributed by atoms with Crippen LogP contribution in [0.15, 0.2) is 48.5 Å². The van der Waals surface area contributed by atoms with Gasteiger partial charge in [-0.1, -0.05) is 59.6 Å². The largest absolute Gasteiger partial charge is 0.447 e. The Balaban J connectivity index is 0.00000588. The first-order chi connectivity index (χ1) is 19.4. The van der Waals surface area contributed by atoms with Crippen LogP contribution >= 0.6 is 35.6 Å². The van der Waals surface area contributed by atoms with Crippen LogP contribution in [0.3, 0.4) is 0 Å². The van der Waals surface area contributed by atoms with E-state index in [9.17, 15) is 9.59 Å². The van der Waals surface area contributed by atoms with E-state index in [0.29, 0.717) is 56.2 Å². The third-order valence-electron chi connectivity index (χ3n) is 6.67. The highest BCUT2D eigenvalue weighted by atomic mass is 35.5. The summed E-state index contributed by atoms with van der Waals surface area (Å²) in [5.41, 5.74) is 1.86. The summed E-state index contributed by atoms with van der Waals surface area (Å²) >= 11 is 12.2. The number of likely N-dealkylation sites (tertiary alicyclic amines) is 1. The summed E-state index contributed by atoms with van der Waals surface area (Å²) in [7, 11) is 3.45. The first-order valence-electron chi connectivity index (χ1n) is 13.4. The zero-order valence-electron chi connectivity index (χ0n) is 23.6.